The summed E-state index contributed by atoms with van der Waals surface area (Å²) in [5.74, 6) is 0. The molecule has 92 valence electrons. The average molecular weight is 302 g/mol. The van der Waals surface area contributed by atoms with Crippen molar-refractivity contribution in [1.29, 1.82) is 0 Å². The molecule has 0 saturated carbocycles. The van der Waals surface area contributed by atoms with E-state index in [-0.39, 0.29) is 0 Å². The number of hydrogen-bond donors (Lipinski definition) is 1. The summed E-state index contributed by atoms with van der Waals surface area (Å²) in [5, 5.41) is 3.63. The molecule has 0 bridgehead atoms. The van der Waals surface area contributed by atoms with Crippen molar-refractivity contribution in [3.8, 4) is 0 Å². The molecular formula is C16H16BrN. The number of anilines is 1. The molecule has 2 aromatic carbocycles. The van der Waals surface area contributed by atoms with Crippen LogP contribution in [0.25, 0.3) is 0 Å². The molecule has 0 aromatic heterocycles. The van der Waals surface area contributed by atoms with Crippen molar-refractivity contribution in [1.82, 2.24) is 0 Å². The van der Waals surface area contributed by atoms with Crippen molar-refractivity contribution >= 4 is 21.6 Å². The van der Waals surface area contributed by atoms with Gasteiger partial charge in [-0.2, -0.15) is 0 Å². The van der Waals surface area contributed by atoms with Gasteiger partial charge < -0.3 is 5.32 Å². The summed E-state index contributed by atoms with van der Waals surface area (Å²) in [6.07, 6.45) is 2.35. The number of halogens is 1. The van der Waals surface area contributed by atoms with Crippen LogP contribution in [0.5, 0.6) is 0 Å². The number of hydrogen-bond acceptors (Lipinski definition) is 1. The predicted molar refractivity (Wildman–Crippen MR) is 80.0 cm³/mol. The predicted octanol–water partition coefficient (Wildman–Crippen LogP) is 4.86. The van der Waals surface area contributed by atoms with Gasteiger partial charge in [-0.15, -0.1) is 0 Å². The van der Waals surface area contributed by atoms with Crippen LogP contribution in [0.1, 0.15) is 29.2 Å². The van der Waals surface area contributed by atoms with E-state index in [1.165, 1.54) is 33.3 Å². The van der Waals surface area contributed by atoms with Crippen LogP contribution in [0, 0.1) is 6.92 Å². The van der Waals surface area contributed by atoms with Crippen LogP contribution in [0.15, 0.2) is 46.9 Å². The van der Waals surface area contributed by atoms with Crippen LogP contribution >= 0.6 is 15.9 Å². The van der Waals surface area contributed by atoms with Gasteiger partial charge in [-0.3, -0.25) is 0 Å². The molecule has 2 aromatic rings. The van der Waals surface area contributed by atoms with Gasteiger partial charge in [0.2, 0.25) is 0 Å². The molecule has 0 heterocycles. The highest BCUT2D eigenvalue weighted by Gasteiger charge is 2.22. The van der Waals surface area contributed by atoms with Gasteiger partial charge in [0, 0.05) is 10.2 Å². The van der Waals surface area contributed by atoms with E-state index in [1.54, 1.807) is 0 Å². The summed E-state index contributed by atoms with van der Waals surface area (Å²) in [4.78, 5) is 0. The maximum absolute atomic E-state index is 3.63. The highest BCUT2D eigenvalue weighted by molar-refractivity contribution is 9.10. The minimum absolute atomic E-state index is 0.454. The highest BCUT2D eigenvalue weighted by atomic mass is 79.9. The van der Waals surface area contributed by atoms with Gasteiger partial charge in [-0.05, 0) is 55.2 Å². The molecule has 1 unspecified atom stereocenters. The molecule has 1 nitrogen and oxygen atoms in total. The van der Waals surface area contributed by atoms with Crippen LogP contribution < -0.4 is 5.32 Å². The fourth-order valence-electron chi connectivity index (χ4n) is 2.59. The van der Waals surface area contributed by atoms with Crippen molar-refractivity contribution in [2.45, 2.75) is 25.8 Å². The normalized spacial score (nSPS) is 17.6. The number of aryl methyl sites for hydroxylation is 2. The van der Waals surface area contributed by atoms with E-state index in [9.17, 15) is 0 Å². The Morgan fingerprint density at radius 2 is 1.89 bits per heavy atom. The van der Waals surface area contributed by atoms with Crippen LogP contribution in [0.4, 0.5) is 5.69 Å². The Labute approximate surface area is 116 Å². The summed E-state index contributed by atoms with van der Waals surface area (Å²) in [5.41, 5.74) is 5.42. The summed E-state index contributed by atoms with van der Waals surface area (Å²) < 4.78 is 1.18. The molecule has 3 rings (SSSR count). The van der Waals surface area contributed by atoms with E-state index >= 15 is 0 Å². The number of benzene rings is 2. The molecule has 0 radical (unpaired) electrons. The highest BCUT2D eigenvalue weighted by Crippen LogP contribution is 2.35. The van der Waals surface area contributed by atoms with Gasteiger partial charge in [0.25, 0.3) is 0 Å². The Bertz CT molecular complexity index is 560. The van der Waals surface area contributed by atoms with Crippen LogP contribution in [-0.4, -0.2) is 0 Å². The third-order valence-corrected chi connectivity index (χ3v) is 4.07. The van der Waals surface area contributed by atoms with E-state index < -0.39 is 0 Å². The van der Waals surface area contributed by atoms with E-state index in [0.29, 0.717) is 6.04 Å². The number of rotatable bonds is 2. The van der Waals surface area contributed by atoms with Crippen LogP contribution in [-0.2, 0) is 6.42 Å². The zero-order chi connectivity index (χ0) is 12.5. The molecule has 0 amide bonds. The minimum Gasteiger partial charge on any atom is -0.378 e. The van der Waals surface area contributed by atoms with E-state index in [2.05, 4.69) is 70.6 Å². The molecule has 1 atom stereocenters. The molecule has 0 aliphatic heterocycles. The van der Waals surface area contributed by atoms with Gasteiger partial charge >= 0.3 is 0 Å². The first-order valence-corrected chi connectivity index (χ1v) is 7.13. The topological polar surface area (TPSA) is 12.0 Å². The van der Waals surface area contributed by atoms with Gasteiger partial charge in [-0.1, -0.05) is 39.7 Å². The molecular weight excluding hydrogens is 286 g/mol. The van der Waals surface area contributed by atoms with E-state index in [0.717, 1.165) is 6.42 Å². The average Bonchev–Trinajstić information content (AvgIpc) is 2.74. The molecule has 18 heavy (non-hydrogen) atoms. The quantitative estimate of drug-likeness (QED) is 0.835. The second-order valence-corrected chi connectivity index (χ2v) is 5.86. The zero-order valence-electron chi connectivity index (χ0n) is 10.4. The van der Waals surface area contributed by atoms with Crippen molar-refractivity contribution in [2.24, 2.45) is 0 Å². The van der Waals surface area contributed by atoms with Crippen LogP contribution in [0.3, 0.4) is 0 Å². The van der Waals surface area contributed by atoms with Crippen molar-refractivity contribution in [2.75, 3.05) is 5.32 Å². The van der Waals surface area contributed by atoms with Gasteiger partial charge in [0.05, 0.1) is 6.04 Å². The Hall–Kier alpha value is -1.28. The smallest absolute Gasteiger partial charge is 0.0519 e. The maximum atomic E-state index is 3.63. The second-order valence-electron chi connectivity index (χ2n) is 4.94. The standard InChI is InChI=1S/C16H16BrN/c1-11-2-6-14(7-3-11)18-16-9-4-12-10-13(17)5-8-15(12)16/h2-3,5-8,10,16,18H,4,9H2,1H3. The second kappa shape index (κ2) is 4.77. The van der Waals surface area contributed by atoms with Crippen LogP contribution in [0.2, 0.25) is 0 Å². The van der Waals surface area contributed by atoms with Gasteiger partial charge in [0.1, 0.15) is 0 Å². The largest absolute Gasteiger partial charge is 0.378 e. The SMILES string of the molecule is Cc1ccc(NC2CCc3cc(Br)ccc32)cc1. The van der Waals surface area contributed by atoms with E-state index in [1.807, 2.05) is 0 Å². The molecule has 0 saturated heterocycles. The summed E-state index contributed by atoms with van der Waals surface area (Å²) in [7, 11) is 0. The van der Waals surface area contributed by atoms with Crippen molar-refractivity contribution < 1.29 is 0 Å². The van der Waals surface area contributed by atoms with Gasteiger partial charge in [-0.25, -0.2) is 0 Å². The summed E-state index contributed by atoms with van der Waals surface area (Å²) in [6, 6.07) is 15.7. The molecule has 1 N–H and O–H groups in total. The monoisotopic (exact) mass is 301 g/mol. The first kappa shape index (κ1) is 11.8. The van der Waals surface area contributed by atoms with Crippen molar-refractivity contribution in [3.05, 3.63) is 63.6 Å². The summed E-state index contributed by atoms with van der Waals surface area (Å²) in [6.45, 7) is 2.12. The molecule has 0 fully saturated rings. The Balaban J connectivity index is 1.82. The number of fused-ring (bicyclic) bond motifs is 1. The third kappa shape index (κ3) is 2.30. The third-order valence-electron chi connectivity index (χ3n) is 3.58. The molecule has 1 aliphatic carbocycles. The Morgan fingerprint density at radius 1 is 1.11 bits per heavy atom. The molecule has 0 spiro atoms. The lowest BCUT2D eigenvalue weighted by Crippen LogP contribution is -2.06. The fourth-order valence-corrected chi connectivity index (χ4v) is 3.00. The maximum Gasteiger partial charge on any atom is 0.0519 e. The lowest BCUT2D eigenvalue weighted by atomic mass is 10.1. The van der Waals surface area contributed by atoms with Crippen molar-refractivity contribution in [3.63, 3.8) is 0 Å². The molecule has 2 heteroatoms. The Morgan fingerprint density at radius 3 is 2.67 bits per heavy atom. The first-order chi connectivity index (χ1) is 8.72. The minimum atomic E-state index is 0.454. The summed E-state index contributed by atoms with van der Waals surface area (Å²) >= 11 is 3.54. The Kier molecular flexibility index (Phi) is 3.13. The lowest BCUT2D eigenvalue weighted by molar-refractivity contribution is 0.762. The number of nitrogens with one attached hydrogen (secondary N) is 1. The van der Waals surface area contributed by atoms with E-state index in [4.69, 9.17) is 0 Å². The fraction of sp³-hybridized carbons (Fsp3) is 0.250. The molecule has 1 aliphatic rings. The van der Waals surface area contributed by atoms with Gasteiger partial charge in [0.15, 0.2) is 0 Å². The first-order valence-electron chi connectivity index (χ1n) is 6.34. The lowest BCUT2D eigenvalue weighted by Gasteiger charge is -2.15. The zero-order valence-corrected chi connectivity index (χ0v) is 12.0.